The standard InChI is InChI=1S/C17H18ClN5S/c1-2-21(12-14-7-4-3-5-8-14)13-22-17(24)23(20-19-22)16-10-6-9-15(18)11-16/h3-11H,2,12-13H2,1H3/p+1. The molecule has 1 atom stereocenters. The van der Waals surface area contributed by atoms with E-state index in [9.17, 15) is 0 Å². The Hall–Kier alpha value is -2.02. The van der Waals surface area contributed by atoms with Gasteiger partial charge >= 0.3 is 0 Å². The SMILES string of the molecule is CC[NH+](Cc1ccccc1)Cn1nnn(-c2cccc(Cl)c2)c1=S. The van der Waals surface area contributed by atoms with Gasteiger partial charge in [0.05, 0.1) is 12.2 Å². The summed E-state index contributed by atoms with van der Waals surface area (Å²) in [5, 5.41) is 9.03. The lowest BCUT2D eigenvalue weighted by atomic mass is 10.2. The highest BCUT2D eigenvalue weighted by molar-refractivity contribution is 7.71. The fraction of sp³-hybridized carbons (Fsp3) is 0.235. The Morgan fingerprint density at radius 2 is 1.88 bits per heavy atom. The zero-order valence-corrected chi connectivity index (χ0v) is 15.0. The van der Waals surface area contributed by atoms with Crippen LogP contribution in [0.2, 0.25) is 5.02 Å². The van der Waals surface area contributed by atoms with Crippen LogP contribution in [0.25, 0.3) is 5.69 Å². The number of hydrogen-bond acceptors (Lipinski definition) is 3. The van der Waals surface area contributed by atoms with Crippen molar-refractivity contribution >= 4 is 23.8 Å². The number of tetrazole rings is 1. The van der Waals surface area contributed by atoms with Crippen LogP contribution in [-0.4, -0.2) is 26.3 Å². The van der Waals surface area contributed by atoms with Crippen molar-refractivity contribution in [2.24, 2.45) is 0 Å². The molecule has 1 N–H and O–H groups in total. The zero-order chi connectivity index (χ0) is 16.9. The predicted octanol–water partition coefficient (Wildman–Crippen LogP) is 2.51. The van der Waals surface area contributed by atoms with Crippen molar-refractivity contribution in [3.05, 3.63) is 70.0 Å². The summed E-state index contributed by atoms with van der Waals surface area (Å²) in [5.74, 6) is 0. The van der Waals surface area contributed by atoms with Gasteiger partial charge in [0, 0.05) is 10.6 Å². The first kappa shape index (κ1) is 16.8. The summed E-state index contributed by atoms with van der Waals surface area (Å²) in [6, 6.07) is 17.9. The molecular formula is C17H19ClN5S+. The molecule has 0 saturated heterocycles. The molecule has 124 valence electrons. The molecule has 1 aromatic heterocycles. The second-order valence-electron chi connectivity index (χ2n) is 5.58. The average molecular weight is 361 g/mol. The number of aromatic nitrogens is 4. The molecular weight excluding hydrogens is 342 g/mol. The summed E-state index contributed by atoms with van der Waals surface area (Å²) in [4.78, 5) is 1.36. The maximum absolute atomic E-state index is 6.04. The number of benzene rings is 2. The quantitative estimate of drug-likeness (QED) is 0.687. The van der Waals surface area contributed by atoms with E-state index in [2.05, 4.69) is 41.6 Å². The molecule has 0 spiro atoms. The Labute approximate surface area is 151 Å². The van der Waals surface area contributed by atoms with Gasteiger partial charge in [-0.25, -0.2) is 0 Å². The highest BCUT2D eigenvalue weighted by Crippen LogP contribution is 2.13. The topological polar surface area (TPSA) is 40.1 Å². The minimum Gasteiger partial charge on any atom is -0.313 e. The Kier molecular flexibility index (Phi) is 5.40. The molecule has 0 bridgehead atoms. The van der Waals surface area contributed by atoms with Gasteiger partial charge in [-0.05, 0) is 47.8 Å². The van der Waals surface area contributed by atoms with E-state index in [1.165, 1.54) is 10.5 Å². The number of quaternary nitrogens is 1. The van der Waals surface area contributed by atoms with Crippen LogP contribution in [-0.2, 0) is 13.2 Å². The number of halogens is 1. The molecule has 0 saturated carbocycles. The van der Waals surface area contributed by atoms with Gasteiger partial charge in [0.1, 0.15) is 6.54 Å². The number of rotatable bonds is 6. The molecule has 5 nitrogen and oxygen atoms in total. The molecule has 0 radical (unpaired) electrons. The average Bonchev–Trinajstić information content (AvgIpc) is 2.96. The smallest absolute Gasteiger partial charge is 0.225 e. The van der Waals surface area contributed by atoms with Crippen molar-refractivity contribution in [1.29, 1.82) is 0 Å². The Balaban J connectivity index is 1.79. The van der Waals surface area contributed by atoms with Crippen molar-refractivity contribution < 1.29 is 4.90 Å². The highest BCUT2D eigenvalue weighted by Gasteiger charge is 2.12. The zero-order valence-electron chi connectivity index (χ0n) is 13.4. The maximum Gasteiger partial charge on any atom is 0.225 e. The van der Waals surface area contributed by atoms with Crippen molar-refractivity contribution in [3.63, 3.8) is 0 Å². The van der Waals surface area contributed by atoms with E-state index in [1.807, 2.05) is 30.3 Å². The van der Waals surface area contributed by atoms with E-state index in [-0.39, 0.29) is 0 Å². The second kappa shape index (κ2) is 7.70. The molecule has 7 heteroatoms. The van der Waals surface area contributed by atoms with Crippen LogP contribution in [0, 0.1) is 4.77 Å². The van der Waals surface area contributed by atoms with E-state index >= 15 is 0 Å². The Morgan fingerprint density at radius 3 is 2.58 bits per heavy atom. The third-order valence-corrected chi connectivity index (χ3v) is 4.48. The van der Waals surface area contributed by atoms with E-state index in [1.54, 1.807) is 9.36 Å². The molecule has 0 aliphatic heterocycles. The van der Waals surface area contributed by atoms with Gasteiger partial charge in [0.15, 0.2) is 6.67 Å². The van der Waals surface area contributed by atoms with Crippen molar-refractivity contribution in [3.8, 4) is 5.69 Å². The van der Waals surface area contributed by atoms with Crippen LogP contribution < -0.4 is 4.90 Å². The second-order valence-corrected chi connectivity index (χ2v) is 6.38. The van der Waals surface area contributed by atoms with E-state index in [0.29, 0.717) is 16.5 Å². The first-order chi connectivity index (χ1) is 11.7. The lowest BCUT2D eigenvalue weighted by Crippen LogP contribution is -3.09. The Bertz CT molecular complexity index is 859. The normalized spacial score (nSPS) is 12.2. The molecule has 3 aromatic rings. The Morgan fingerprint density at radius 1 is 1.08 bits per heavy atom. The number of nitrogens with one attached hydrogen (secondary N) is 1. The van der Waals surface area contributed by atoms with Crippen molar-refractivity contribution in [2.45, 2.75) is 20.1 Å². The lowest BCUT2D eigenvalue weighted by Gasteiger charge is -2.16. The van der Waals surface area contributed by atoms with Crippen molar-refractivity contribution in [1.82, 2.24) is 19.8 Å². The summed E-state index contributed by atoms with van der Waals surface area (Å²) in [6.45, 7) is 4.72. The van der Waals surface area contributed by atoms with E-state index in [0.717, 1.165) is 18.8 Å². The fourth-order valence-corrected chi connectivity index (χ4v) is 2.96. The summed E-state index contributed by atoms with van der Waals surface area (Å²) in [7, 11) is 0. The summed E-state index contributed by atoms with van der Waals surface area (Å²) < 4.78 is 3.96. The van der Waals surface area contributed by atoms with E-state index < -0.39 is 0 Å². The first-order valence-electron chi connectivity index (χ1n) is 7.83. The van der Waals surface area contributed by atoms with Crippen LogP contribution in [0.4, 0.5) is 0 Å². The van der Waals surface area contributed by atoms with Crippen LogP contribution in [0.15, 0.2) is 54.6 Å². The monoisotopic (exact) mass is 360 g/mol. The molecule has 0 aliphatic carbocycles. The summed E-state index contributed by atoms with van der Waals surface area (Å²) >= 11 is 11.6. The lowest BCUT2D eigenvalue weighted by molar-refractivity contribution is -0.935. The molecule has 0 aliphatic rings. The predicted molar refractivity (Wildman–Crippen MR) is 96.8 cm³/mol. The summed E-state index contributed by atoms with van der Waals surface area (Å²) in [5.41, 5.74) is 2.11. The fourth-order valence-electron chi connectivity index (χ4n) is 2.53. The van der Waals surface area contributed by atoms with Crippen LogP contribution >= 0.6 is 23.8 Å². The molecule has 1 heterocycles. The molecule has 24 heavy (non-hydrogen) atoms. The van der Waals surface area contributed by atoms with Gasteiger partial charge in [-0.2, -0.15) is 9.36 Å². The van der Waals surface area contributed by atoms with Gasteiger partial charge in [-0.15, -0.1) is 0 Å². The third kappa shape index (κ3) is 3.90. The van der Waals surface area contributed by atoms with Gasteiger partial charge in [-0.1, -0.05) is 48.0 Å². The molecule has 2 aromatic carbocycles. The molecule has 1 unspecified atom stereocenters. The highest BCUT2D eigenvalue weighted by atomic mass is 35.5. The third-order valence-electron chi connectivity index (χ3n) is 3.86. The maximum atomic E-state index is 6.04. The van der Waals surface area contributed by atoms with Gasteiger partial charge in [-0.3, -0.25) is 0 Å². The van der Waals surface area contributed by atoms with Crippen LogP contribution in [0.1, 0.15) is 12.5 Å². The minimum absolute atomic E-state index is 0.566. The molecule has 3 rings (SSSR count). The number of nitrogens with zero attached hydrogens (tertiary/aromatic N) is 4. The van der Waals surface area contributed by atoms with Gasteiger partial charge in [0.25, 0.3) is 0 Å². The minimum atomic E-state index is 0.566. The molecule has 0 amide bonds. The first-order valence-corrected chi connectivity index (χ1v) is 8.62. The largest absolute Gasteiger partial charge is 0.313 e. The number of hydrogen-bond donors (Lipinski definition) is 1. The van der Waals surface area contributed by atoms with E-state index in [4.69, 9.17) is 23.8 Å². The van der Waals surface area contributed by atoms with Gasteiger partial charge < -0.3 is 4.90 Å². The van der Waals surface area contributed by atoms with Crippen molar-refractivity contribution in [2.75, 3.05) is 6.54 Å². The van der Waals surface area contributed by atoms with Crippen LogP contribution in [0.5, 0.6) is 0 Å². The van der Waals surface area contributed by atoms with Gasteiger partial charge in [0.2, 0.25) is 4.77 Å². The van der Waals surface area contributed by atoms with Crippen LogP contribution in [0.3, 0.4) is 0 Å². The summed E-state index contributed by atoms with van der Waals surface area (Å²) in [6.07, 6.45) is 0. The molecule has 0 fully saturated rings.